The number of alkyl halides is 3. The number of ketones is 1. The van der Waals surface area contributed by atoms with Crippen LogP contribution in [0, 0.1) is 104 Å². The summed E-state index contributed by atoms with van der Waals surface area (Å²) in [6, 6.07) is 83.5. The molecule has 0 atom stereocenters. The first-order valence-corrected chi connectivity index (χ1v) is 34.2. The quantitative estimate of drug-likeness (QED) is 0.0787. The first kappa shape index (κ1) is 78.8. The van der Waals surface area contributed by atoms with Gasteiger partial charge in [0, 0.05) is 23.2 Å². The number of esters is 2. The summed E-state index contributed by atoms with van der Waals surface area (Å²) in [7, 11) is 0. The molecule has 0 aromatic heterocycles. The molecule has 1 N–H and O–H groups in total. The molecule has 10 heteroatoms. The predicted octanol–water partition coefficient (Wildman–Crippen LogP) is 24.2. The number of carbonyl (C=O) groups excluding carboxylic acids is 4. The number of amides is 1. The summed E-state index contributed by atoms with van der Waals surface area (Å²) in [4.78, 5) is 48.2. The number of benzene rings is 12. The first-order chi connectivity index (χ1) is 49.0. The van der Waals surface area contributed by atoms with Gasteiger partial charge in [0.25, 0.3) is 5.91 Å². The van der Waals surface area contributed by atoms with E-state index in [1.807, 2.05) is 189 Å². The van der Waals surface area contributed by atoms with Crippen molar-refractivity contribution in [2.24, 2.45) is 0 Å². The maximum absolute atomic E-state index is 13.1. The molecule has 12 rings (SSSR count). The molecule has 0 aliphatic rings. The van der Waals surface area contributed by atoms with Gasteiger partial charge in [0.2, 0.25) is 0 Å². The molecule has 0 unspecified atom stereocenters. The van der Waals surface area contributed by atoms with E-state index < -0.39 is 23.7 Å². The Hall–Kier alpha value is -11.5. The number of aryl methyl sites for hydroxylation is 15. The third-order valence-electron chi connectivity index (χ3n) is 16.7. The molecule has 0 radical (unpaired) electrons. The van der Waals surface area contributed by atoms with Crippen LogP contribution in [0.2, 0.25) is 0 Å². The molecular weight excluding hydrogens is 1280 g/mol. The highest BCUT2D eigenvalue weighted by atomic mass is 19.4. The zero-order valence-corrected chi connectivity index (χ0v) is 61.7. The van der Waals surface area contributed by atoms with Crippen LogP contribution in [-0.2, 0) is 12.6 Å². The zero-order chi connectivity index (χ0) is 74.9. The molecule has 0 heterocycles. The van der Waals surface area contributed by atoms with Crippen molar-refractivity contribution < 1.29 is 41.8 Å². The highest BCUT2D eigenvalue weighted by Crippen LogP contribution is 2.39. The first-order valence-electron chi connectivity index (χ1n) is 34.2. The van der Waals surface area contributed by atoms with E-state index >= 15 is 0 Å². The van der Waals surface area contributed by atoms with Crippen molar-refractivity contribution in [3.05, 3.63) is 384 Å². The maximum atomic E-state index is 13.1. The van der Waals surface area contributed by atoms with Gasteiger partial charge in [-0.2, -0.15) is 13.2 Å². The molecule has 0 aliphatic heterocycles. The average molecular weight is 1380 g/mol. The van der Waals surface area contributed by atoms with Crippen LogP contribution in [0.1, 0.15) is 136 Å². The van der Waals surface area contributed by atoms with Crippen molar-refractivity contribution in [2.45, 2.75) is 116 Å². The second-order valence-electron chi connectivity index (χ2n) is 26.3. The smallest absolute Gasteiger partial charge is 0.417 e. The highest BCUT2D eigenvalue weighted by Gasteiger charge is 2.34. The van der Waals surface area contributed by atoms with Crippen molar-refractivity contribution in [3.8, 4) is 33.8 Å². The van der Waals surface area contributed by atoms with Crippen molar-refractivity contribution in [1.29, 1.82) is 0 Å². The van der Waals surface area contributed by atoms with E-state index in [-0.39, 0.29) is 17.3 Å². The second kappa shape index (κ2) is 37.8. The fourth-order valence-electron chi connectivity index (χ4n) is 10.7. The Balaban J connectivity index is 0.000000177. The lowest BCUT2D eigenvalue weighted by Crippen LogP contribution is -2.11. The maximum Gasteiger partial charge on any atom is 0.417 e. The summed E-state index contributed by atoms with van der Waals surface area (Å²) < 4.78 is 50.0. The molecule has 12 aromatic carbocycles. The monoisotopic (exact) mass is 1380 g/mol. The summed E-state index contributed by atoms with van der Waals surface area (Å²) in [5, 5.41) is 2.87. The Kier molecular flexibility index (Phi) is 28.9. The van der Waals surface area contributed by atoms with Gasteiger partial charge in [-0.15, -0.1) is 0 Å². The van der Waals surface area contributed by atoms with E-state index in [4.69, 9.17) is 9.47 Å². The van der Waals surface area contributed by atoms with Crippen LogP contribution >= 0.6 is 0 Å². The van der Waals surface area contributed by atoms with Gasteiger partial charge in [0.05, 0.1) is 16.7 Å². The molecule has 0 saturated carbocycles. The van der Waals surface area contributed by atoms with Crippen molar-refractivity contribution in [1.82, 2.24) is 0 Å². The number of anilines is 1. The second-order valence-corrected chi connectivity index (χ2v) is 26.3. The van der Waals surface area contributed by atoms with Gasteiger partial charge in [0.15, 0.2) is 5.78 Å². The molecule has 0 spiro atoms. The van der Waals surface area contributed by atoms with Crippen molar-refractivity contribution in [3.63, 3.8) is 0 Å². The third-order valence-corrected chi connectivity index (χ3v) is 16.7. The number of hydrogen-bond acceptors (Lipinski definition) is 6. The predicted molar refractivity (Wildman–Crippen MR) is 417 cm³/mol. The molecule has 7 nitrogen and oxygen atoms in total. The van der Waals surface area contributed by atoms with Crippen molar-refractivity contribution in [2.75, 3.05) is 5.32 Å². The molecule has 0 aliphatic carbocycles. The minimum Gasteiger partial charge on any atom is -0.423 e. The molecule has 103 heavy (non-hydrogen) atoms. The number of hydrogen-bond donors (Lipinski definition) is 1. The van der Waals surface area contributed by atoms with Crippen LogP contribution in [0.25, 0.3) is 22.3 Å². The molecule has 12 aromatic rings. The van der Waals surface area contributed by atoms with Crippen LogP contribution in [0.15, 0.2) is 267 Å². The van der Waals surface area contributed by atoms with E-state index in [0.717, 1.165) is 44.6 Å². The normalized spacial score (nSPS) is 10.4. The Labute approximate surface area is 607 Å². The largest absolute Gasteiger partial charge is 0.423 e. The number of nitrogens with one attached hydrogen (secondary N) is 1. The standard InChI is InChI=1S/C22H18O4.C16H15F3.C16H16O.C16H18.C15H15NO.C8H10/c1-15-3-11-19(12-4-15)25-21(23)17-7-9-18(10-8-17)22(24)26-20-13-5-16(2)6-14-20;1-10-4-6-13(12(3)8-10)14-7-5-11(2)9-15(14)16(17,18)19;1-12-3-7-14(8-4-12)11-16(17)15-9-5-13(2)6-10-15;1-11-5-7-15(13(3)9-11)16-8-6-12(2)10-14(16)4;1-11-3-7-13(8-4-11)15(17)16-14-9-5-12(2)6-10-14;1-7-3-5-8(2)6-4-7/h3-14H,1-2H3;4-9H,1-3H3;3-10H,11H2,1-2H3;5-10H,1-4H3;3-10H,1-2H3,(H,16,17);3-6H,1-2H3. The Morgan fingerprint density at radius 1 is 0.291 bits per heavy atom. The lowest BCUT2D eigenvalue weighted by Gasteiger charge is -2.16. The Morgan fingerprint density at radius 3 is 0.893 bits per heavy atom. The Bertz CT molecular complexity index is 4520. The summed E-state index contributed by atoms with van der Waals surface area (Å²) in [6.07, 6.45) is -3.86. The fourth-order valence-corrected chi connectivity index (χ4v) is 10.7. The van der Waals surface area contributed by atoms with E-state index in [1.54, 1.807) is 73.7 Å². The van der Waals surface area contributed by atoms with Gasteiger partial charge in [-0.25, -0.2) is 9.59 Å². The molecule has 1 amide bonds. The van der Waals surface area contributed by atoms with Gasteiger partial charge in [0.1, 0.15) is 11.5 Å². The van der Waals surface area contributed by atoms with E-state index in [0.29, 0.717) is 45.7 Å². The summed E-state index contributed by atoms with van der Waals surface area (Å²) in [6.45, 7) is 30.3. The van der Waals surface area contributed by atoms with Crippen LogP contribution < -0.4 is 14.8 Å². The number of Topliss-reactive ketones (excluding diaryl/α,β-unsaturated/α-hetero) is 1. The van der Waals surface area contributed by atoms with E-state index in [1.165, 1.54) is 67.3 Å². The summed E-state index contributed by atoms with van der Waals surface area (Å²) in [5.41, 5.74) is 24.5. The van der Waals surface area contributed by atoms with Crippen LogP contribution in [0.4, 0.5) is 18.9 Å². The van der Waals surface area contributed by atoms with E-state index in [2.05, 4.69) is 108 Å². The van der Waals surface area contributed by atoms with Gasteiger partial charge >= 0.3 is 18.1 Å². The molecule has 526 valence electrons. The lowest BCUT2D eigenvalue weighted by molar-refractivity contribution is -0.137. The molecule has 0 bridgehead atoms. The fraction of sp³-hybridized carbons (Fsp3) is 0.183. The number of rotatable bonds is 11. The van der Waals surface area contributed by atoms with Gasteiger partial charge in [-0.3, -0.25) is 9.59 Å². The zero-order valence-electron chi connectivity index (χ0n) is 61.7. The average Bonchev–Trinajstić information content (AvgIpc) is 0.688. The third kappa shape index (κ3) is 25.6. The van der Waals surface area contributed by atoms with Gasteiger partial charge < -0.3 is 14.8 Å². The minimum atomic E-state index is -4.33. The topological polar surface area (TPSA) is 98.8 Å². The number of halogens is 3. The van der Waals surface area contributed by atoms with Crippen LogP contribution in [0.3, 0.4) is 0 Å². The molecular formula is C93H92F3NO6. The summed E-state index contributed by atoms with van der Waals surface area (Å²) >= 11 is 0. The van der Waals surface area contributed by atoms with Crippen LogP contribution in [-0.4, -0.2) is 23.6 Å². The highest BCUT2D eigenvalue weighted by molar-refractivity contribution is 6.04. The van der Waals surface area contributed by atoms with E-state index in [9.17, 15) is 32.3 Å². The molecule has 0 saturated heterocycles. The summed E-state index contributed by atoms with van der Waals surface area (Å²) in [5.74, 6) is 0.0919. The van der Waals surface area contributed by atoms with Crippen LogP contribution in [0.5, 0.6) is 11.5 Å². The van der Waals surface area contributed by atoms with Gasteiger partial charge in [-0.1, -0.05) is 255 Å². The SMILES string of the molecule is Cc1ccc(-c2ccc(C)cc2C(F)(F)F)c(C)c1.Cc1ccc(-c2ccc(C)cc2C)c(C)c1.Cc1ccc(C)cc1.Cc1ccc(CC(=O)c2ccc(C)cc2)cc1.Cc1ccc(NC(=O)c2ccc(C)cc2)cc1.Cc1ccc(OC(=O)c2ccc(C(=O)Oc3ccc(C)cc3)cc2)cc1. The van der Waals surface area contributed by atoms with Crippen molar-refractivity contribution >= 4 is 29.3 Å². The number of ether oxygens (including phenoxy) is 2. The minimum absolute atomic E-state index is 0.0751. The lowest BCUT2D eigenvalue weighted by atomic mass is 9.93. The van der Waals surface area contributed by atoms with Gasteiger partial charge in [-0.05, 0) is 227 Å². The number of carbonyl (C=O) groups is 4. The Morgan fingerprint density at radius 2 is 0.553 bits per heavy atom. The molecule has 0 fully saturated rings.